The van der Waals surface area contributed by atoms with Gasteiger partial charge in [-0.15, -0.1) is 19.7 Å². The van der Waals surface area contributed by atoms with E-state index in [1.165, 1.54) is 98.6 Å². The molecule has 0 fully saturated rings. The second-order valence-electron chi connectivity index (χ2n) is 22.8. The van der Waals surface area contributed by atoms with Crippen LogP contribution in [0.15, 0.2) is 116 Å². The number of pyridine rings is 1. The fourth-order valence-corrected chi connectivity index (χ4v) is 9.91. The van der Waals surface area contributed by atoms with Gasteiger partial charge in [0, 0.05) is 54.1 Å². The summed E-state index contributed by atoms with van der Waals surface area (Å²) >= 11 is 0. The van der Waals surface area contributed by atoms with E-state index in [9.17, 15) is 9.90 Å². The smallest absolute Gasteiger partial charge is 0.274 e. The number of benzene rings is 3. The zero-order valence-corrected chi connectivity index (χ0v) is 52.5. The first-order chi connectivity index (χ1) is 36.7. The lowest BCUT2D eigenvalue weighted by Gasteiger charge is -2.27. The van der Waals surface area contributed by atoms with E-state index in [2.05, 4.69) is 183 Å². The van der Waals surface area contributed by atoms with Crippen LogP contribution in [-0.4, -0.2) is 33.9 Å². The Balaban J connectivity index is 0.000001000. The molecule has 0 spiro atoms. The Hall–Kier alpha value is -4.91. The van der Waals surface area contributed by atoms with E-state index >= 15 is 0 Å². The standard InChI is InChI=1S/C20H21N3O.C19H41N.C17H28O.C7H8.C3H8.C3H6.C2H4/c1-4-11(2)18-14-8-6-12-5-7-13(21)9-15(12)16-10-23(3)20(24)19(22-18)17(14)16;1-7-8-9-10-14-20-19(17(4)5)15-18(6)13-11-12-16(2)3;1-6-13(4)17(12(2)3)16-9-7-15(8-10-16)14(5)11-18;1-7-5-3-2-4-6-7;2*1-3-2;1-2/h5,7,9-10,22H,2,4,6,8,21H2,1,3H3;16-20H,7-15H2,1-6H3;7-10,12-14,17-18H,6,11H2,1-5H3;2-6H,1H3;3H2,1-2H3;3H,1H2,2H3;1-2H2. The second kappa shape index (κ2) is 41.2. The number of unbranched alkanes of at least 4 members (excludes halogenated alkanes) is 3. The quantitative estimate of drug-likeness (QED) is 0.0334. The van der Waals surface area contributed by atoms with E-state index < -0.39 is 0 Å². The zero-order valence-electron chi connectivity index (χ0n) is 52.5. The van der Waals surface area contributed by atoms with Gasteiger partial charge in [0.2, 0.25) is 0 Å². The Kier molecular flexibility index (Phi) is 38.6. The van der Waals surface area contributed by atoms with Crippen molar-refractivity contribution >= 4 is 22.2 Å². The molecule has 77 heavy (non-hydrogen) atoms. The maximum absolute atomic E-state index is 12.7. The molecule has 5 unspecified atom stereocenters. The zero-order chi connectivity index (χ0) is 58.6. The Morgan fingerprint density at radius 2 is 1.40 bits per heavy atom. The molecular weight excluding hydrogens is 941 g/mol. The number of fused-ring (bicyclic) bond motifs is 2. The lowest BCUT2D eigenvalue weighted by Crippen LogP contribution is -2.36. The molecule has 2 heterocycles. The molecule has 6 rings (SSSR count). The number of hydrogen-bond acceptors (Lipinski definition) is 4. The van der Waals surface area contributed by atoms with E-state index in [1.54, 1.807) is 17.7 Å². The van der Waals surface area contributed by atoms with E-state index in [1.807, 2.05) is 43.5 Å². The predicted octanol–water partition coefficient (Wildman–Crippen LogP) is 19.6. The monoisotopic (exact) mass is 1060 g/mol. The van der Waals surface area contributed by atoms with Crippen LogP contribution in [0, 0.1) is 36.5 Å². The first-order valence-corrected chi connectivity index (χ1v) is 30.0. The minimum Gasteiger partial charge on any atom is -0.399 e. The minimum atomic E-state index is -0.00231. The highest BCUT2D eigenvalue weighted by molar-refractivity contribution is 6.01. The van der Waals surface area contributed by atoms with Gasteiger partial charge in [0.15, 0.2) is 0 Å². The Morgan fingerprint density at radius 1 is 0.805 bits per heavy atom. The number of aromatic nitrogens is 2. The molecule has 1 aliphatic rings. The van der Waals surface area contributed by atoms with Crippen molar-refractivity contribution in [2.75, 3.05) is 18.9 Å². The number of nitrogens with two attached hydrogens (primary N) is 1. The number of nitrogen functional groups attached to an aromatic ring is 1. The van der Waals surface area contributed by atoms with Gasteiger partial charge in [0.05, 0.1) is 0 Å². The molecule has 0 amide bonds. The first-order valence-electron chi connectivity index (χ1n) is 30.0. The SMILES string of the molecule is C=C.C=C(CC)c1[nH]c2c(=O)n(C)cc3c2c1CCc1ccc(N)cc1-3.C=CC.CCC.CCC(C)C(c1ccc(C(C)CO)cc1)C(C)C.CCCCCCNC(CC(C)CCCC(C)C)C(C)C.Cc1ccccc1. The molecule has 0 radical (unpaired) electrons. The van der Waals surface area contributed by atoms with Gasteiger partial charge in [0.25, 0.3) is 5.56 Å². The van der Waals surface area contributed by atoms with Crippen molar-refractivity contribution in [2.45, 2.75) is 212 Å². The number of aliphatic hydroxyl groups is 1. The summed E-state index contributed by atoms with van der Waals surface area (Å²) in [5.74, 6) is 4.73. The van der Waals surface area contributed by atoms with E-state index in [-0.39, 0.29) is 18.1 Å². The summed E-state index contributed by atoms with van der Waals surface area (Å²) in [5.41, 5.74) is 18.2. The molecule has 432 valence electrons. The van der Waals surface area contributed by atoms with Crippen LogP contribution in [0.4, 0.5) is 5.69 Å². The number of H-pyrrole nitrogens is 1. The third-order valence-corrected chi connectivity index (χ3v) is 14.5. The third kappa shape index (κ3) is 26.1. The van der Waals surface area contributed by atoms with Crippen molar-refractivity contribution in [3.8, 4) is 11.1 Å². The Morgan fingerprint density at radius 3 is 1.90 bits per heavy atom. The van der Waals surface area contributed by atoms with Crippen LogP contribution in [0.3, 0.4) is 0 Å². The van der Waals surface area contributed by atoms with Gasteiger partial charge in [-0.1, -0.05) is 227 Å². The van der Waals surface area contributed by atoms with Crippen LogP contribution in [0.1, 0.15) is 220 Å². The van der Waals surface area contributed by atoms with Crippen molar-refractivity contribution < 1.29 is 5.11 Å². The summed E-state index contributed by atoms with van der Waals surface area (Å²) in [7, 11) is 1.80. The highest BCUT2D eigenvalue weighted by Crippen LogP contribution is 2.40. The molecule has 3 aromatic carbocycles. The van der Waals surface area contributed by atoms with Crippen LogP contribution >= 0.6 is 0 Å². The first kappa shape index (κ1) is 72.1. The topological polar surface area (TPSA) is 96.1 Å². The molecule has 2 aromatic heterocycles. The van der Waals surface area contributed by atoms with Crippen molar-refractivity contribution in [1.82, 2.24) is 14.9 Å². The highest BCUT2D eigenvalue weighted by Gasteiger charge is 2.25. The molecule has 6 nitrogen and oxygen atoms in total. The summed E-state index contributed by atoms with van der Waals surface area (Å²) in [4.78, 5) is 16.0. The van der Waals surface area contributed by atoms with Gasteiger partial charge in [-0.25, -0.2) is 0 Å². The summed E-state index contributed by atoms with van der Waals surface area (Å²) in [6, 6.07) is 25.9. The number of hydrogen-bond donors (Lipinski definition) is 4. The van der Waals surface area contributed by atoms with E-state index in [4.69, 9.17) is 5.73 Å². The van der Waals surface area contributed by atoms with Crippen molar-refractivity contribution in [3.05, 3.63) is 155 Å². The minimum absolute atomic E-state index is 0.00231. The largest absolute Gasteiger partial charge is 0.399 e. The van der Waals surface area contributed by atoms with Gasteiger partial charge < -0.3 is 25.7 Å². The normalized spacial score (nSPS) is 13.1. The Bertz CT molecular complexity index is 2370. The summed E-state index contributed by atoms with van der Waals surface area (Å²) < 4.78 is 1.65. The fourth-order valence-electron chi connectivity index (χ4n) is 9.91. The second-order valence-corrected chi connectivity index (χ2v) is 22.8. The number of rotatable bonds is 21. The van der Waals surface area contributed by atoms with Crippen molar-refractivity contribution in [3.63, 3.8) is 0 Å². The number of allylic oxidation sites excluding steroid dienone is 2. The van der Waals surface area contributed by atoms with Gasteiger partial charge in [0.1, 0.15) is 5.52 Å². The molecular formula is C71H116N4O2. The average molecular weight is 1060 g/mol. The van der Waals surface area contributed by atoms with Crippen LogP contribution in [0.2, 0.25) is 0 Å². The lowest BCUT2D eigenvalue weighted by atomic mass is 9.78. The molecule has 0 bridgehead atoms. The number of aryl methyl sites for hydroxylation is 4. The number of aromatic amines is 1. The van der Waals surface area contributed by atoms with Crippen LogP contribution in [-0.2, 0) is 19.9 Å². The van der Waals surface area contributed by atoms with Crippen molar-refractivity contribution in [1.29, 1.82) is 0 Å². The van der Waals surface area contributed by atoms with Crippen LogP contribution < -0.4 is 16.6 Å². The Labute approximate surface area is 474 Å². The number of anilines is 1. The predicted molar refractivity (Wildman–Crippen MR) is 347 cm³/mol. The number of aliphatic hydroxyl groups excluding tert-OH is 1. The average Bonchev–Trinajstić information content (AvgIpc) is 3.72. The lowest BCUT2D eigenvalue weighted by molar-refractivity contribution is 0.273. The van der Waals surface area contributed by atoms with Crippen LogP contribution in [0.25, 0.3) is 27.6 Å². The van der Waals surface area contributed by atoms with Crippen LogP contribution in [0.5, 0.6) is 0 Å². The maximum atomic E-state index is 12.7. The van der Waals surface area contributed by atoms with Gasteiger partial charge in [-0.3, -0.25) is 4.79 Å². The van der Waals surface area contributed by atoms with Crippen molar-refractivity contribution in [2.24, 2.45) is 36.6 Å². The molecule has 0 saturated heterocycles. The number of nitrogens with zero attached hydrogens (tertiary/aromatic N) is 1. The van der Waals surface area contributed by atoms with E-state index in [0.29, 0.717) is 29.3 Å². The molecule has 5 N–H and O–H groups in total. The summed E-state index contributed by atoms with van der Waals surface area (Å²) in [6.07, 6.45) is 19.8. The molecule has 6 heteroatoms. The maximum Gasteiger partial charge on any atom is 0.274 e. The van der Waals surface area contributed by atoms with Gasteiger partial charge in [-0.05, 0) is 134 Å². The third-order valence-electron chi connectivity index (χ3n) is 14.5. The van der Waals surface area contributed by atoms with Gasteiger partial charge >= 0.3 is 0 Å². The van der Waals surface area contributed by atoms with E-state index in [0.717, 1.165) is 70.5 Å². The molecule has 0 saturated carbocycles. The molecule has 0 aliphatic heterocycles. The highest BCUT2D eigenvalue weighted by atomic mass is 16.3. The fraction of sp³-hybridized carbons (Fsp3) is 0.563. The molecule has 5 atom stereocenters. The van der Waals surface area contributed by atoms with Gasteiger partial charge in [-0.2, -0.15) is 0 Å². The molecule has 1 aliphatic carbocycles. The summed E-state index contributed by atoms with van der Waals surface area (Å²) in [6.45, 7) is 50.7. The summed E-state index contributed by atoms with van der Waals surface area (Å²) in [5, 5.41) is 14.0. The number of nitrogens with one attached hydrogen (secondary N) is 2. The molecule has 5 aromatic rings.